The second kappa shape index (κ2) is 2.98. The molecule has 2 rings (SSSR count). The number of aromatic nitrogens is 1. The monoisotopic (exact) mass is 186 g/mol. The Morgan fingerprint density at radius 2 is 1.86 bits per heavy atom. The first-order valence-electron chi connectivity index (χ1n) is 4.72. The summed E-state index contributed by atoms with van der Waals surface area (Å²) in [6.07, 6.45) is 0. The number of nitrogens with two attached hydrogens (primary N) is 1. The van der Waals surface area contributed by atoms with Crippen LogP contribution in [0.3, 0.4) is 0 Å². The van der Waals surface area contributed by atoms with Crippen LogP contribution >= 0.6 is 0 Å². The van der Waals surface area contributed by atoms with Crippen LogP contribution in [0.4, 0.5) is 5.69 Å². The molecule has 2 N–H and O–H groups in total. The zero-order valence-electron chi connectivity index (χ0n) is 8.76. The van der Waals surface area contributed by atoms with Crippen molar-refractivity contribution in [1.82, 2.24) is 4.98 Å². The summed E-state index contributed by atoms with van der Waals surface area (Å²) < 4.78 is 0. The quantitative estimate of drug-likeness (QED) is 0.642. The van der Waals surface area contributed by atoms with Crippen molar-refractivity contribution in [2.75, 3.05) is 5.73 Å². The van der Waals surface area contributed by atoms with Gasteiger partial charge >= 0.3 is 0 Å². The van der Waals surface area contributed by atoms with Crippen LogP contribution in [0, 0.1) is 20.8 Å². The average molecular weight is 186 g/mol. The van der Waals surface area contributed by atoms with Gasteiger partial charge in [0.25, 0.3) is 0 Å². The maximum absolute atomic E-state index is 5.93. The van der Waals surface area contributed by atoms with E-state index in [4.69, 9.17) is 5.73 Å². The highest BCUT2D eigenvalue weighted by Crippen LogP contribution is 2.25. The number of hydrogen-bond donors (Lipinski definition) is 1. The SMILES string of the molecule is Cc1ccc2c(C)c(C)cc(N)c2n1. The smallest absolute Gasteiger partial charge is 0.0937 e. The standard InChI is InChI=1S/C12H14N2/c1-7-6-11(13)12-10(9(7)3)5-4-8(2)14-12/h4-6H,13H2,1-3H3. The molecule has 0 spiro atoms. The Morgan fingerprint density at radius 1 is 1.14 bits per heavy atom. The summed E-state index contributed by atoms with van der Waals surface area (Å²) in [4.78, 5) is 4.45. The number of nitrogens with zero attached hydrogens (tertiary/aromatic N) is 1. The molecule has 0 amide bonds. The average Bonchev–Trinajstić information content (AvgIpc) is 2.14. The number of benzene rings is 1. The van der Waals surface area contributed by atoms with Gasteiger partial charge in [0.05, 0.1) is 11.2 Å². The molecule has 0 saturated heterocycles. The predicted octanol–water partition coefficient (Wildman–Crippen LogP) is 2.74. The molecule has 0 aliphatic rings. The zero-order chi connectivity index (χ0) is 10.3. The minimum absolute atomic E-state index is 0.770. The Kier molecular flexibility index (Phi) is 1.92. The fraction of sp³-hybridized carbons (Fsp3) is 0.250. The highest BCUT2D eigenvalue weighted by Gasteiger charge is 2.05. The number of pyridine rings is 1. The molecule has 2 nitrogen and oxygen atoms in total. The third-order valence-corrected chi connectivity index (χ3v) is 2.68. The summed E-state index contributed by atoms with van der Waals surface area (Å²) in [5, 5.41) is 1.16. The molecule has 0 aliphatic heterocycles. The van der Waals surface area contributed by atoms with Crippen molar-refractivity contribution in [1.29, 1.82) is 0 Å². The van der Waals surface area contributed by atoms with E-state index >= 15 is 0 Å². The predicted molar refractivity (Wildman–Crippen MR) is 60.4 cm³/mol. The van der Waals surface area contributed by atoms with Crippen LogP contribution in [0.25, 0.3) is 10.9 Å². The minimum Gasteiger partial charge on any atom is -0.397 e. The first-order valence-corrected chi connectivity index (χ1v) is 4.72. The Balaban J connectivity index is 2.94. The summed E-state index contributed by atoms with van der Waals surface area (Å²) in [7, 11) is 0. The first-order chi connectivity index (χ1) is 6.59. The maximum atomic E-state index is 5.93. The van der Waals surface area contributed by atoms with Gasteiger partial charge in [-0.3, -0.25) is 4.98 Å². The fourth-order valence-electron chi connectivity index (χ4n) is 1.70. The van der Waals surface area contributed by atoms with Gasteiger partial charge in [0.1, 0.15) is 0 Å². The molecular weight excluding hydrogens is 172 g/mol. The number of anilines is 1. The number of rotatable bonds is 0. The molecule has 0 aliphatic carbocycles. The van der Waals surface area contributed by atoms with Crippen LogP contribution in [0.1, 0.15) is 16.8 Å². The molecule has 0 unspecified atom stereocenters. The lowest BCUT2D eigenvalue weighted by Gasteiger charge is -2.08. The van der Waals surface area contributed by atoms with E-state index in [0.717, 1.165) is 22.3 Å². The molecule has 0 fully saturated rings. The van der Waals surface area contributed by atoms with Gasteiger partial charge < -0.3 is 5.73 Å². The molecule has 1 aromatic heterocycles. The maximum Gasteiger partial charge on any atom is 0.0937 e. The van der Waals surface area contributed by atoms with E-state index in [1.807, 2.05) is 19.1 Å². The molecular formula is C12H14N2. The number of aryl methyl sites for hydroxylation is 3. The van der Waals surface area contributed by atoms with E-state index in [1.54, 1.807) is 0 Å². The number of nitrogen functional groups attached to an aromatic ring is 1. The van der Waals surface area contributed by atoms with Crippen molar-refractivity contribution in [3.63, 3.8) is 0 Å². The largest absolute Gasteiger partial charge is 0.397 e. The van der Waals surface area contributed by atoms with Crippen LogP contribution in [-0.4, -0.2) is 4.98 Å². The Morgan fingerprint density at radius 3 is 2.57 bits per heavy atom. The molecule has 2 aromatic rings. The van der Waals surface area contributed by atoms with Crippen molar-refractivity contribution >= 4 is 16.6 Å². The van der Waals surface area contributed by atoms with Crippen molar-refractivity contribution in [3.05, 3.63) is 35.0 Å². The van der Waals surface area contributed by atoms with Crippen LogP contribution < -0.4 is 5.73 Å². The van der Waals surface area contributed by atoms with Gasteiger partial charge in [-0.05, 0) is 44.0 Å². The van der Waals surface area contributed by atoms with Gasteiger partial charge in [-0.25, -0.2) is 0 Å². The van der Waals surface area contributed by atoms with Crippen molar-refractivity contribution < 1.29 is 0 Å². The number of fused-ring (bicyclic) bond motifs is 1. The van der Waals surface area contributed by atoms with Gasteiger partial charge in [0, 0.05) is 11.1 Å². The van der Waals surface area contributed by atoms with E-state index < -0.39 is 0 Å². The van der Waals surface area contributed by atoms with Crippen molar-refractivity contribution in [2.45, 2.75) is 20.8 Å². The molecule has 1 heterocycles. The van der Waals surface area contributed by atoms with Crippen LogP contribution in [-0.2, 0) is 0 Å². The second-order valence-electron chi connectivity index (χ2n) is 3.76. The van der Waals surface area contributed by atoms with Crippen molar-refractivity contribution in [3.8, 4) is 0 Å². The summed E-state index contributed by atoms with van der Waals surface area (Å²) >= 11 is 0. The highest BCUT2D eigenvalue weighted by molar-refractivity contribution is 5.92. The fourth-order valence-corrected chi connectivity index (χ4v) is 1.70. The lowest BCUT2D eigenvalue weighted by molar-refractivity contribution is 1.24. The number of hydrogen-bond acceptors (Lipinski definition) is 2. The molecule has 14 heavy (non-hydrogen) atoms. The third kappa shape index (κ3) is 1.23. The summed E-state index contributed by atoms with van der Waals surface area (Å²) in [5.74, 6) is 0. The summed E-state index contributed by atoms with van der Waals surface area (Å²) in [6, 6.07) is 6.11. The lowest BCUT2D eigenvalue weighted by atomic mass is 10.0. The highest BCUT2D eigenvalue weighted by atomic mass is 14.7. The van der Waals surface area contributed by atoms with Gasteiger partial charge in [-0.2, -0.15) is 0 Å². The van der Waals surface area contributed by atoms with E-state index in [2.05, 4.69) is 24.9 Å². The van der Waals surface area contributed by atoms with E-state index in [1.165, 1.54) is 11.1 Å². The van der Waals surface area contributed by atoms with E-state index in [9.17, 15) is 0 Å². The molecule has 2 heteroatoms. The second-order valence-corrected chi connectivity index (χ2v) is 3.76. The minimum atomic E-state index is 0.770. The molecule has 1 aromatic carbocycles. The summed E-state index contributed by atoms with van der Waals surface area (Å²) in [6.45, 7) is 6.16. The normalized spacial score (nSPS) is 10.8. The van der Waals surface area contributed by atoms with Gasteiger partial charge in [-0.1, -0.05) is 6.07 Å². The van der Waals surface area contributed by atoms with Gasteiger partial charge in [0.2, 0.25) is 0 Å². The first kappa shape index (κ1) is 9.00. The van der Waals surface area contributed by atoms with E-state index in [-0.39, 0.29) is 0 Å². The topological polar surface area (TPSA) is 38.9 Å². The third-order valence-electron chi connectivity index (χ3n) is 2.68. The van der Waals surface area contributed by atoms with E-state index in [0.29, 0.717) is 0 Å². The Hall–Kier alpha value is -1.57. The van der Waals surface area contributed by atoms with Crippen LogP contribution in [0.15, 0.2) is 18.2 Å². The molecule has 0 atom stereocenters. The summed E-state index contributed by atoms with van der Waals surface area (Å²) in [5.41, 5.74) is 11.1. The lowest BCUT2D eigenvalue weighted by Crippen LogP contribution is -1.95. The van der Waals surface area contributed by atoms with Gasteiger partial charge in [0.15, 0.2) is 0 Å². The Labute approximate surface area is 83.8 Å². The molecule has 0 saturated carbocycles. The molecule has 0 bridgehead atoms. The molecule has 0 radical (unpaired) electrons. The Bertz CT molecular complexity index is 501. The van der Waals surface area contributed by atoms with Gasteiger partial charge in [-0.15, -0.1) is 0 Å². The van der Waals surface area contributed by atoms with Crippen LogP contribution in [0.5, 0.6) is 0 Å². The molecule has 72 valence electrons. The van der Waals surface area contributed by atoms with Crippen LogP contribution in [0.2, 0.25) is 0 Å². The zero-order valence-corrected chi connectivity index (χ0v) is 8.76. The van der Waals surface area contributed by atoms with Crippen molar-refractivity contribution in [2.24, 2.45) is 0 Å².